The number of ether oxygens (including phenoxy) is 1. The molecule has 2 aromatic rings. The number of nitrogens with zero attached hydrogens (tertiary/aromatic N) is 2. The number of rotatable bonds is 6. The minimum absolute atomic E-state index is 0.0552. The van der Waals surface area contributed by atoms with E-state index in [0.717, 1.165) is 5.56 Å². The molecule has 0 aliphatic heterocycles. The molecule has 23 heavy (non-hydrogen) atoms. The number of imide groups is 1. The van der Waals surface area contributed by atoms with Gasteiger partial charge in [0.15, 0.2) is 6.61 Å². The molecule has 0 aliphatic rings. The fraction of sp³-hybridized carbons (Fsp3) is 0.133. The van der Waals surface area contributed by atoms with Crippen molar-refractivity contribution in [2.75, 3.05) is 6.61 Å². The van der Waals surface area contributed by atoms with Crippen LogP contribution in [0.2, 0.25) is 0 Å². The molecule has 8 heteroatoms. The van der Waals surface area contributed by atoms with Crippen LogP contribution in [-0.4, -0.2) is 28.3 Å². The third kappa shape index (κ3) is 4.88. The molecule has 1 N–H and O–H groups in total. The summed E-state index contributed by atoms with van der Waals surface area (Å²) in [6, 6.07) is 11.7. The van der Waals surface area contributed by atoms with E-state index in [0.29, 0.717) is 0 Å². The summed E-state index contributed by atoms with van der Waals surface area (Å²) >= 11 is 0. The average Bonchev–Trinajstić information content (AvgIpc) is 2.54. The molecule has 0 saturated heterocycles. The fourth-order valence-electron chi connectivity index (χ4n) is 1.79. The molecule has 0 saturated carbocycles. The summed E-state index contributed by atoms with van der Waals surface area (Å²) in [7, 11) is 0. The first-order valence-corrected chi connectivity index (χ1v) is 6.65. The molecule has 0 aliphatic carbocycles. The molecular formula is C15H13N3O5. The summed E-state index contributed by atoms with van der Waals surface area (Å²) in [6.07, 6.45) is 1.30. The van der Waals surface area contributed by atoms with Gasteiger partial charge in [0.2, 0.25) is 11.7 Å². The highest BCUT2D eigenvalue weighted by Crippen LogP contribution is 2.22. The second-order valence-corrected chi connectivity index (χ2v) is 4.50. The lowest BCUT2D eigenvalue weighted by Crippen LogP contribution is -2.35. The molecule has 0 unspecified atom stereocenters. The zero-order valence-corrected chi connectivity index (χ0v) is 12.0. The van der Waals surface area contributed by atoms with E-state index in [1.807, 2.05) is 6.07 Å². The number of amides is 2. The van der Waals surface area contributed by atoms with E-state index in [1.54, 1.807) is 24.3 Å². The van der Waals surface area contributed by atoms with Crippen molar-refractivity contribution in [1.29, 1.82) is 0 Å². The molecule has 0 bridgehead atoms. The molecule has 2 amide bonds. The first kappa shape index (κ1) is 16.1. The smallest absolute Gasteiger partial charge is 0.406 e. The minimum atomic E-state index is -0.714. The first-order valence-electron chi connectivity index (χ1n) is 6.65. The molecule has 1 aromatic carbocycles. The summed E-state index contributed by atoms with van der Waals surface area (Å²) in [5.74, 6) is -1.80. The van der Waals surface area contributed by atoms with Crippen LogP contribution in [-0.2, 0) is 16.0 Å². The lowest BCUT2D eigenvalue weighted by Gasteiger charge is -2.06. The van der Waals surface area contributed by atoms with Gasteiger partial charge < -0.3 is 14.9 Å². The Balaban J connectivity index is 1.86. The zero-order valence-electron chi connectivity index (χ0n) is 12.0. The van der Waals surface area contributed by atoms with E-state index < -0.39 is 29.2 Å². The molecule has 8 nitrogen and oxygen atoms in total. The van der Waals surface area contributed by atoms with Crippen LogP contribution in [0.15, 0.2) is 48.7 Å². The molecule has 0 atom stereocenters. The maximum atomic E-state index is 11.7. The van der Waals surface area contributed by atoms with Crippen LogP contribution in [0.25, 0.3) is 0 Å². The third-order valence-electron chi connectivity index (χ3n) is 2.77. The maximum absolute atomic E-state index is 11.7. The summed E-state index contributed by atoms with van der Waals surface area (Å²) in [5, 5.41) is 12.9. The lowest BCUT2D eigenvalue weighted by atomic mass is 10.1. The number of hydrogen-bond acceptors (Lipinski definition) is 6. The van der Waals surface area contributed by atoms with E-state index in [2.05, 4.69) is 10.3 Å². The van der Waals surface area contributed by atoms with Crippen molar-refractivity contribution in [3.05, 3.63) is 64.3 Å². The van der Waals surface area contributed by atoms with Gasteiger partial charge in [-0.1, -0.05) is 30.3 Å². The second kappa shape index (κ2) is 7.64. The Morgan fingerprint density at radius 2 is 1.87 bits per heavy atom. The van der Waals surface area contributed by atoms with Crippen LogP contribution in [0.5, 0.6) is 5.75 Å². The van der Waals surface area contributed by atoms with Crippen LogP contribution < -0.4 is 10.1 Å². The molecule has 118 valence electrons. The fourth-order valence-corrected chi connectivity index (χ4v) is 1.79. The van der Waals surface area contributed by atoms with Gasteiger partial charge in [-0.05, 0) is 27.6 Å². The Morgan fingerprint density at radius 3 is 2.57 bits per heavy atom. The van der Waals surface area contributed by atoms with E-state index in [4.69, 9.17) is 4.74 Å². The predicted octanol–water partition coefficient (Wildman–Crippen LogP) is 1.25. The standard InChI is InChI=1S/C15H13N3O5/c19-13(9-11-5-2-1-3-6-11)17-14(20)10-23-12-7-4-8-16-15(12)18(21)22/h1-8H,9-10H2,(H,17,19,20). The second-order valence-electron chi connectivity index (χ2n) is 4.50. The van der Waals surface area contributed by atoms with Crippen molar-refractivity contribution in [3.63, 3.8) is 0 Å². The predicted molar refractivity (Wildman–Crippen MR) is 79.7 cm³/mol. The molecule has 0 radical (unpaired) electrons. The van der Waals surface area contributed by atoms with Gasteiger partial charge in [0, 0.05) is 0 Å². The van der Waals surface area contributed by atoms with Gasteiger partial charge in [0.25, 0.3) is 5.91 Å². The molecule has 1 heterocycles. The topological polar surface area (TPSA) is 111 Å². The Hall–Kier alpha value is -3.29. The number of nitrogens with one attached hydrogen (secondary N) is 1. The summed E-state index contributed by atoms with van der Waals surface area (Å²) in [4.78, 5) is 36.9. The number of carbonyl (C=O) groups excluding carboxylic acids is 2. The number of aromatic nitrogens is 1. The number of hydrogen-bond donors (Lipinski definition) is 1. The largest absolute Gasteiger partial charge is 0.476 e. The van der Waals surface area contributed by atoms with Crippen molar-refractivity contribution in [2.45, 2.75) is 6.42 Å². The number of pyridine rings is 1. The van der Waals surface area contributed by atoms with Gasteiger partial charge in [-0.3, -0.25) is 14.9 Å². The van der Waals surface area contributed by atoms with Gasteiger partial charge in [0.1, 0.15) is 6.20 Å². The quantitative estimate of drug-likeness (QED) is 0.634. The Labute approximate surface area is 131 Å². The van der Waals surface area contributed by atoms with Crippen molar-refractivity contribution < 1.29 is 19.2 Å². The molecule has 2 rings (SSSR count). The van der Waals surface area contributed by atoms with Gasteiger partial charge >= 0.3 is 5.82 Å². The van der Waals surface area contributed by atoms with E-state index in [9.17, 15) is 19.7 Å². The number of nitro groups is 1. The van der Waals surface area contributed by atoms with Crippen LogP contribution in [0.1, 0.15) is 5.56 Å². The van der Waals surface area contributed by atoms with Crippen LogP contribution in [0, 0.1) is 10.1 Å². The van der Waals surface area contributed by atoms with Crippen molar-refractivity contribution in [3.8, 4) is 5.75 Å². The van der Waals surface area contributed by atoms with Gasteiger partial charge in [-0.2, -0.15) is 0 Å². The SMILES string of the molecule is O=C(COc1cccnc1[N+](=O)[O-])NC(=O)Cc1ccccc1. The molecular weight excluding hydrogens is 302 g/mol. The van der Waals surface area contributed by atoms with Crippen LogP contribution in [0.4, 0.5) is 5.82 Å². The third-order valence-corrected chi connectivity index (χ3v) is 2.77. The summed E-state index contributed by atoms with van der Waals surface area (Å²) in [5.41, 5.74) is 0.765. The van der Waals surface area contributed by atoms with Gasteiger partial charge in [-0.15, -0.1) is 0 Å². The number of carbonyl (C=O) groups is 2. The highest BCUT2D eigenvalue weighted by molar-refractivity contribution is 5.96. The summed E-state index contributed by atoms with van der Waals surface area (Å²) < 4.78 is 5.04. The summed E-state index contributed by atoms with van der Waals surface area (Å²) in [6.45, 7) is -0.521. The highest BCUT2D eigenvalue weighted by atomic mass is 16.6. The van der Waals surface area contributed by atoms with E-state index in [-0.39, 0.29) is 12.2 Å². The zero-order chi connectivity index (χ0) is 16.7. The van der Waals surface area contributed by atoms with Crippen LogP contribution >= 0.6 is 0 Å². The highest BCUT2D eigenvalue weighted by Gasteiger charge is 2.17. The minimum Gasteiger partial charge on any atom is -0.476 e. The normalized spacial score (nSPS) is 9.91. The molecule has 0 fully saturated rings. The van der Waals surface area contributed by atoms with Crippen molar-refractivity contribution in [2.24, 2.45) is 0 Å². The van der Waals surface area contributed by atoms with Crippen LogP contribution in [0.3, 0.4) is 0 Å². The van der Waals surface area contributed by atoms with Crippen molar-refractivity contribution in [1.82, 2.24) is 10.3 Å². The lowest BCUT2D eigenvalue weighted by molar-refractivity contribution is -0.390. The van der Waals surface area contributed by atoms with E-state index in [1.165, 1.54) is 18.3 Å². The maximum Gasteiger partial charge on any atom is 0.406 e. The Morgan fingerprint density at radius 1 is 1.13 bits per heavy atom. The van der Waals surface area contributed by atoms with Crippen molar-refractivity contribution >= 4 is 17.6 Å². The van der Waals surface area contributed by atoms with Gasteiger partial charge in [0.05, 0.1) is 6.42 Å². The number of benzene rings is 1. The Kier molecular flexibility index (Phi) is 5.35. The van der Waals surface area contributed by atoms with Gasteiger partial charge in [-0.25, -0.2) is 0 Å². The first-order chi connectivity index (χ1) is 11.1. The Bertz CT molecular complexity index is 718. The molecule has 1 aromatic heterocycles. The average molecular weight is 315 g/mol. The van der Waals surface area contributed by atoms with E-state index >= 15 is 0 Å². The molecule has 0 spiro atoms. The monoisotopic (exact) mass is 315 g/mol.